The van der Waals surface area contributed by atoms with E-state index in [1.807, 2.05) is 0 Å². The number of aromatic amines is 1. The molecule has 0 saturated carbocycles. The van der Waals surface area contributed by atoms with E-state index < -0.39 is 11.2 Å². The van der Waals surface area contributed by atoms with Gasteiger partial charge in [-0.15, -0.1) is 0 Å². The molecular formula is C10H7F2NO2S. The van der Waals surface area contributed by atoms with Crippen LogP contribution in [0.3, 0.4) is 0 Å². The fourth-order valence-electron chi connectivity index (χ4n) is 1.28. The zero-order valence-electron chi connectivity index (χ0n) is 7.91. The number of fused-ring (bicyclic) bond motifs is 1. The summed E-state index contributed by atoms with van der Waals surface area (Å²) < 4.78 is 25.8. The average molecular weight is 243 g/mol. The van der Waals surface area contributed by atoms with Crippen LogP contribution in [0.1, 0.15) is 0 Å². The molecule has 84 valence electrons. The number of hydrogen-bond acceptors (Lipinski definition) is 2. The minimum absolute atomic E-state index is 0.00870. The molecule has 6 heteroatoms. The smallest absolute Gasteiger partial charge is 0.394 e. The number of carboxylic acids is 1. The molecule has 0 bridgehead atoms. The number of aromatic nitrogens is 1. The molecule has 0 amide bonds. The van der Waals surface area contributed by atoms with Crippen molar-refractivity contribution in [2.45, 2.75) is 10.3 Å². The molecule has 1 aromatic carbocycles. The van der Waals surface area contributed by atoms with Crippen molar-refractivity contribution in [3.05, 3.63) is 30.3 Å². The predicted molar refractivity (Wildman–Crippen MR) is 56.7 cm³/mol. The minimum Gasteiger partial charge on any atom is -0.476 e. The van der Waals surface area contributed by atoms with Crippen molar-refractivity contribution in [3.63, 3.8) is 0 Å². The maximum Gasteiger partial charge on any atom is 0.394 e. The van der Waals surface area contributed by atoms with Crippen LogP contribution in [0, 0.1) is 0 Å². The van der Waals surface area contributed by atoms with Gasteiger partial charge in [0.2, 0.25) is 0 Å². The molecule has 0 saturated heterocycles. The Morgan fingerprint density at radius 2 is 2.06 bits per heavy atom. The fraction of sp³-hybridized carbons (Fsp3) is 0.100. The molecule has 0 aliphatic heterocycles. The molecule has 16 heavy (non-hydrogen) atoms. The highest BCUT2D eigenvalue weighted by Gasteiger charge is 2.40. The lowest BCUT2D eigenvalue weighted by molar-refractivity contribution is -0.152. The third-order valence-electron chi connectivity index (χ3n) is 1.99. The van der Waals surface area contributed by atoms with Gasteiger partial charge in [-0.1, -0.05) is 18.2 Å². The summed E-state index contributed by atoms with van der Waals surface area (Å²) >= 11 is -0.00870. The number of aliphatic carboxylic acids is 1. The number of alkyl halides is 2. The lowest BCUT2D eigenvalue weighted by atomic mass is 10.3. The monoisotopic (exact) mass is 243 g/mol. The first kappa shape index (κ1) is 10.9. The Bertz CT molecular complexity index is 505. The van der Waals surface area contributed by atoms with Gasteiger partial charge in [-0.25, -0.2) is 4.79 Å². The van der Waals surface area contributed by atoms with Gasteiger partial charge in [0.25, 0.3) is 0 Å². The van der Waals surface area contributed by atoms with E-state index in [2.05, 4.69) is 4.98 Å². The highest BCUT2D eigenvalue weighted by molar-refractivity contribution is 8.01. The Kier molecular flexibility index (Phi) is 2.59. The van der Waals surface area contributed by atoms with Gasteiger partial charge in [0.05, 0.1) is 5.03 Å². The number of para-hydroxylation sites is 1. The second-order valence-electron chi connectivity index (χ2n) is 3.14. The summed E-state index contributed by atoms with van der Waals surface area (Å²) in [6.45, 7) is 0. The molecule has 0 spiro atoms. The van der Waals surface area contributed by atoms with Crippen molar-refractivity contribution in [2.24, 2.45) is 0 Å². The Morgan fingerprint density at radius 3 is 2.69 bits per heavy atom. The van der Waals surface area contributed by atoms with Crippen LogP contribution in [0.2, 0.25) is 0 Å². The van der Waals surface area contributed by atoms with Gasteiger partial charge in [-0.2, -0.15) is 8.78 Å². The van der Waals surface area contributed by atoms with Crippen molar-refractivity contribution in [3.8, 4) is 0 Å². The van der Waals surface area contributed by atoms with Crippen molar-refractivity contribution in [1.29, 1.82) is 0 Å². The first-order valence-corrected chi connectivity index (χ1v) is 5.19. The minimum atomic E-state index is -3.82. The average Bonchev–Trinajstić information content (AvgIpc) is 2.58. The largest absolute Gasteiger partial charge is 0.476 e. The molecule has 2 aromatic rings. The summed E-state index contributed by atoms with van der Waals surface area (Å²) in [6.07, 6.45) is 0. The number of benzene rings is 1. The number of hydrogen-bond donors (Lipinski definition) is 2. The van der Waals surface area contributed by atoms with Crippen LogP contribution >= 0.6 is 11.8 Å². The van der Waals surface area contributed by atoms with Crippen LogP contribution < -0.4 is 0 Å². The molecule has 0 fully saturated rings. The number of nitrogens with one attached hydrogen (secondary N) is 1. The second kappa shape index (κ2) is 3.79. The second-order valence-corrected chi connectivity index (χ2v) is 4.30. The van der Waals surface area contributed by atoms with E-state index in [0.29, 0.717) is 5.52 Å². The highest BCUT2D eigenvalue weighted by atomic mass is 32.2. The molecule has 2 rings (SSSR count). The topological polar surface area (TPSA) is 53.1 Å². The van der Waals surface area contributed by atoms with E-state index in [1.54, 1.807) is 24.3 Å². The van der Waals surface area contributed by atoms with E-state index in [4.69, 9.17) is 5.11 Å². The number of halogens is 2. The van der Waals surface area contributed by atoms with Crippen molar-refractivity contribution in [2.75, 3.05) is 0 Å². The van der Waals surface area contributed by atoms with Gasteiger partial charge >= 0.3 is 11.2 Å². The summed E-state index contributed by atoms with van der Waals surface area (Å²) in [5.74, 6) is -2.14. The number of carboxylic acid groups (broad SMARTS) is 1. The van der Waals surface area contributed by atoms with Crippen LogP contribution in [0.5, 0.6) is 0 Å². The molecule has 2 N–H and O–H groups in total. The maximum atomic E-state index is 12.9. The zero-order chi connectivity index (χ0) is 11.8. The molecule has 1 heterocycles. The SMILES string of the molecule is O=C(O)C(F)(F)Sc1cc2ccccc2[nH]1. The number of thioether (sulfide) groups is 1. The molecular weight excluding hydrogens is 236 g/mol. The Labute approximate surface area is 93.5 Å². The van der Waals surface area contributed by atoms with Crippen molar-refractivity contribution < 1.29 is 18.7 Å². The van der Waals surface area contributed by atoms with Crippen LogP contribution in [0.15, 0.2) is 35.4 Å². The van der Waals surface area contributed by atoms with Gasteiger partial charge in [-0.3, -0.25) is 0 Å². The van der Waals surface area contributed by atoms with Gasteiger partial charge in [0, 0.05) is 10.9 Å². The molecule has 0 radical (unpaired) electrons. The third kappa shape index (κ3) is 2.01. The summed E-state index contributed by atoms with van der Waals surface area (Å²) in [5, 5.41) is 5.38. The number of H-pyrrole nitrogens is 1. The van der Waals surface area contributed by atoms with E-state index in [0.717, 1.165) is 5.39 Å². The first-order valence-electron chi connectivity index (χ1n) is 4.37. The fourth-order valence-corrected chi connectivity index (χ4v) is 1.99. The summed E-state index contributed by atoms with van der Waals surface area (Å²) in [5.41, 5.74) is 0.700. The first-order chi connectivity index (χ1) is 7.49. The van der Waals surface area contributed by atoms with E-state index in [1.165, 1.54) is 6.07 Å². The molecule has 0 aliphatic rings. The van der Waals surface area contributed by atoms with Crippen molar-refractivity contribution >= 4 is 28.6 Å². The van der Waals surface area contributed by atoms with E-state index in [9.17, 15) is 13.6 Å². The Balaban J connectivity index is 2.32. The lowest BCUT2D eigenvalue weighted by Gasteiger charge is -2.07. The molecule has 0 unspecified atom stereocenters. The molecule has 1 aromatic heterocycles. The standard InChI is InChI=1S/C10H7F2NO2S/c11-10(12,9(14)15)16-8-5-6-3-1-2-4-7(6)13-8/h1-5,13H,(H,14,15). The summed E-state index contributed by atoms with van der Waals surface area (Å²) in [7, 11) is 0. The van der Waals surface area contributed by atoms with Gasteiger partial charge in [0.15, 0.2) is 0 Å². The molecule has 3 nitrogen and oxygen atoms in total. The van der Waals surface area contributed by atoms with Crippen LogP contribution in [0.25, 0.3) is 10.9 Å². The maximum absolute atomic E-state index is 12.9. The quantitative estimate of drug-likeness (QED) is 0.815. The predicted octanol–water partition coefficient (Wildman–Crippen LogP) is 2.94. The Morgan fingerprint density at radius 1 is 1.38 bits per heavy atom. The van der Waals surface area contributed by atoms with Gasteiger partial charge in [0.1, 0.15) is 0 Å². The summed E-state index contributed by atoms with van der Waals surface area (Å²) in [6, 6.07) is 8.53. The van der Waals surface area contributed by atoms with Gasteiger partial charge < -0.3 is 10.1 Å². The lowest BCUT2D eigenvalue weighted by Crippen LogP contribution is -2.23. The molecule has 0 aliphatic carbocycles. The van der Waals surface area contributed by atoms with Crippen LogP contribution in [0.4, 0.5) is 8.78 Å². The van der Waals surface area contributed by atoms with E-state index in [-0.39, 0.29) is 16.8 Å². The van der Waals surface area contributed by atoms with E-state index >= 15 is 0 Å². The summed E-state index contributed by atoms with van der Waals surface area (Å²) in [4.78, 5) is 13.0. The number of carbonyl (C=O) groups is 1. The number of rotatable bonds is 3. The molecule has 0 atom stereocenters. The normalized spacial score (nSPS) is 11.9. The van der Waals surface area contributed by atoms with Crippen LogP contribution in [-0.4, -0.2) is 21.3 Å². The van der Waals surface area contributed by atoms with Crippen LogP contribution in [-0.2, 0) is 4.79 Å². The zero-order valence-corrected chi connectivity index (χ0v) is 8.72. The van der Waals surface area contributed by atoms with Gasteiger partial charge in [-0.05, 0) is 23.9 Å². The Hall–Kier alpha value is -1.56. The third-order valence-corrected chi connectivity index (χ3v) is 2.86. The van der Waals surface area contributed by atoms with Crippen molar-refractivity contribution in [1.82, 2.24) is 4.98 Å². The highest BCUT2D eigenvalue weighted by Crippen LogP contribution is 2.36.